The maximum Gasteiger partial charge on any atom is 0.0494 e. The van der Waals surface area contributed by atoms with Gasteiger partial charge in [0.15, 0.2) is 0 Å². The van der Waals surface area contributed by atoms with E-state index in [2.05, 4.69) is 62.7 Å². The minimum atomic E-state index is 0.988. The Morgan fingerprint density at radius 1 is 1.00 bits per heavy atom. The quantitative estimate of drug-likeness (QED) is 0.875. The number of benzene rings is 1. The number of allylic oxidation sites excluding steroid dienone is 1. The molecule has 1 N–H and O–H groups in total. The highest BCUT2D eigenvalue weighted by molar-refractivity contribution is 5.91. The van der Waals surface area contributed by atoms with Crippen molar-refractivity contribution in [3.05, 3.63) is 63.3 Å². The smallest absolute Gasteiger partial charge is 0.0494 e. The minimum absolute atomic E-state index is 0.988. The van der Waals surface area contributed by atoms with Crippen molar-refractivity contribution in [3.63, 3.8) is 0 Å². The molecule has 1 aromatic carbocycles. The summed E-state index contributed by atoms with van der Waals surface area (Å²) in [6, 6.07) is 9.12. The van der Waals surface area contributed by atoms with Crippen molar-refractivity contribution in [3.8, 4) is 0 Å². The molecule has 0 bridgehead atoms. The second-order valence-corrected chi connectivity index (χ2v) is 5.57. The van der Waals surface area contributed by atoms with Gasteiger partial charge in [0.25, 0.3) is 0 Å². The lowest BCUT2D eigenvalue weighted by molar-refractivity contribution is 1.08. The Hall–Kier alpha value is -2.02. The third-order valence-corrected chi connectivity index (χ3v) is 4.10. The number of hydrogen-bond acceptors (Lipinski definition) is 0. The molecule has 102 valence electrons. The molecule has 2 aromatic rings. The van der Waals surface area contributed by atoms with E-state index in [4.69, 9.17) is 0 Å². The molecule has 3 rings (SSSR count). The van der Waals surface area contributed by atoms with Crippen LogP contribution in [0, 0.1) is 0 Å². The Kier molecular flexibility index (Phi) is 3.13. The number of rotatable bonds is 3. The molecule has 0 saturated carbocycles. The molecule has 0 atom stereocenters. The molecule has 0 fully saturated rings. The molecule has 20 heavy (non-hydrogen) atoms. The number of fused-ring (bicyclic) bond motifs is 1. The van der Waals surface area contributed by atoms with Crippen LogP contribution in [0.4, 0.5) is 0 Å². The molecule has 0 saturated heterocycles. The summed E-state index contributed by atoms with van der Waals surface area (Å²) in [5, 5.41) is 2.22. The third-order valence-electron chi connectivity index (χ3n) is 4.10. The van der Waals surface area contributed by atoms with Crippen LogP contribution in [-0.4, -0.2) is 4.98 Å². The largest absolute Gasteiger partial charge is 0.355 e. The SMILES string of the molecule is C=c1cc2c([nH]1)=C(C)C=C2c1cc(CC)cc(CC)c1. The van der Waals surface area contributed by atoms with Gasteiger partial charge in [-0.05, 0) is 59.7 Å². The first-order valence-electron chi connectivity index (χ1n) is 7.36. The van der Waals surface area contributed by atoms with Crippen molar-refractivity contribution in [2.24, 2.45) is 0 Å². The van der Waals surface area contributed by atoms with Crippen molar-refractivity contribution < 1.29 is 0 Å². The number of aromatic amines is 1. The summed E-state index contributed by atoms with van der Waals surface area (Å²) in [5.74, 6) is 0. The average molecular weight is 263 g/mol. The van der Waals surface area contributed by atoms with Crippen LogP contribution in [-0.2, 0) is 12.8 Å². The molecule has 0 unspecified atom stereocenters. The van der Waals surface area contributed by atoms with Crippen LogP contribution in [0.25, 0.3) is 17.7 Å². The zero-order valence-electron chi connectivity index (χ0n) is 12.5. The van der Waals surface area contributed by atoms with E-state index in [0.717, 1.165) is 18.2 Å². The molecule has 0 spiro atoms. The van der Waals surface area contributed by atoms with Crippen LogP contribution in [0.2, 0.25) is 0 Å². The van der Waals surface area contributed by atoms with Gasteiger partial charge in [0.2, 0.25) is 0 Å². The van der Waals surface area contributed by atoms with E-state index in [1.54, 1.807) is 0 Å². The highest BCUT2D eigenvalue weighted by Crippen LogP contribution is 2.28. The molecule has 1 heterocycles. The number of hydrogen-bond donors (Lipinski definition) is 1. The highest BCUT2D eigenvalue weighted by Gasteiger charge is 2.15. The predicted molar refractivity (Wildman–Crippen MR) is 86.9 cm³/mol. The average Bonchev–Trinajstić information content (AvgIpc) is 2.97. The standard InChI is InChI=1S/C19H21N/c1-5-14-9-15(6-2)11-16(10-14)17-7-12(3)19-18(17)8-13(4)20-19/h7-11,20H,4-6H2,1-3H3. The van der Waals surface area contributed by atoms with Crippen LogP contribution >= 0.6 is 0 Å². The first kappa shape index (κ1) is 13.0. The molecule has 0 aliphatic heterocycles. The second kappa shape index (κ2) is 4.82. The maximum atomic E-state index is 4.02. The fourth-order valence-electron chi connectivity index (χ4n) is 2.97. The zero-order valence-corrected chi connectivity index (χ0v) is 12.5. The van der Waals surface area contributed by atoms with Crippen molar-refractivity contribution in [1.29, 1.82) is 0 Å². The summed E-state index contributed by atoms with van der Waals surface area (Å²) in [6.07, 6.45) is 4.45. The second-order valence-electron chi connectivity index (χ2n) is 5.57. The normalized spacial score (nSPS) is 13.6. The summed E-state index contributed by atoms with van der Waals surface area (Å²) in [5.41, 5.74) is 8.08. The lowest BCUT2D eigenvalue weighted by atomic mass is 9.95. The van der Waals surface area contributed by atoms with E-state index in [1.807, 2.05) is 0 Å². The number of aryl methyl sites for hydroxylation is 2. The summed E-state index contributed by atoms with van der Waals surface area (Å²) < 4.78 is 0. The maximum absolute atomic E-state index is 4.02. The molecule has 1 aromatic heterocycles. The molecule has 1 aliphatic rings. The van der Waals surface area contributed by atoms with Gasteiger partial charge < -0.3 is 4.98 Å². The molecular weight excluding hydrogens is 242 g/mol. The van der Waals surface area contributed by atoms with Gasteiger partial charge in [-0.3, -0.25) is 0 Å². The van der Waals surface area contributed by atoms with Gasteiger partial charge in [0.1, 0.15) is 0 Å². The van der Waals surface area contributed by atoms with Crippen molar-refractivity contribution in [1.82, 2.24) is 4.98 Å². The van der Waals surface area contributed by atoms with Gasteiger partial charge in [0.05, 0.1) is 0 Å². The van der Waals surface area contributed by atoms with Gasteiger partial charge in [-0.15, -0.1) is 0 Å². The van der Waals surface area contributed by atoms with Gasteiger partial charge in [-0.1, -0.05) is 38.6 Å². The van der Waals surface area contributed by atoms with Gasteiger partial charge in [0, 0.05) is 16.3 Å². The van der Waals surface area contributed by atoms with Crippen LogP contribution in [0.15, 0.2) is 30.3 Å². The van der Waals surface area contributed by atoms with Gasteiger partial charge in [-0.2, -0.15) is 0 Å². The Labute approximate surface area is 120 Å². The molecule has 0 radical (unpaired) electrons. The van der Waals surface area contributed by atoms with Gasteiger partial charge in [-0.25, -0.2) is 0 Å². The first-order valence-corrected chi connectivity index (χ1v) is 7.36. The lowest BCUT2D eigenvalue weighted by Crippen LogP contribution is -2.09. The Morgan fingerprint density at radius 3 is 2.25 bits per heavy atom. The highest BCUT2D eigenvalue weighted by atomic mass is 14.7. The lowest BCUT2D eigenvalue weighted by Gasteiger charge is -2.09. The van der Waals surface area contributed by atoms with E-state index in [9.17, 15) is 0 Å². The number of nitrogens with one attached hydrogen (secondary N) is 1. The summed E-state index contributed by atoms with van der Waals surface area (Å²) in [6.45, 7) is 10.6. The van der Waals surface area contributed by atoms with Crippen molar-refractivity contribution in [2.45, 2.75) is 33.6 Å². The monoisotopic (exact) mass is 263 g/mol. The Morgan fingerprint density at radius 2 is 1.65 bits per heavy atom. The first-order chi connectivity index (χ1) is 9.62. The predicted octanol–water partition coefficient (Wildman–Crippen LogP) is 3.17. The zero-order chi connectivity index (χ0) is 14.3. The van der Waals surface area contributed by atoms with E-state index in [-0.39, 0.29) is 0 Å². The van der Waals surface area contributed by atoms with E-state index < -0.39 is 0 Å². The van der Waals surface area contributed by atoms with Crippen LogP contribution in [0.1, 0.15) is 43.0 Å². The molecule has 1 heteroatoms. The van der Waals surface area contributed by atoms with E-state index in [0.29, 0.717) is 0 Å². The topological polar surface area (TPSA) is 15.8 Å². The molecule has 1 aliphatic carbocycles. The summed E-state index contributed by atoms with van der Waals surface area (Å²) in [4.78, 5) is 3.36. The molecule has 1 nitrogen and oxygen atoms in total. The number of H-pyrrole nitrogens is 1. The van der Waals surface area contributed by atoms with Crippen molar-refractivity contribution in [2.75, 3.05) is 0 Å². The van der Waals surface area contributed by atoms with Crippen LogP contribution in [0.3, 0.4) is 0 Å². The Bertz CT molecular complexity index is 781. The van der Waals surface area contributed by atoms with E-state index >= 15 is 0 Å². The fourth-order valence-corrected chi connectivity index (χ4v) is 2.97. The van der Waals surface area contributed by atoms with Crippen LogP contribution in [0.5, 0.6) is 0 Å². The fraction of sp³-hybridized carbons (Fsp3) is 0.263. The van der Waals surface area contributed by atoms with Crippen molar-refractivity contribution >= 4 is 17.7 Å². The summed E-state index contributed by atoms with van der Waals surface area (Å²) in [7, 11) is 0. The minimum Gasteiger partial charge on any atom is -0.355 e. The number of aromatic nitrogens is 1. The van der Waals surface area contributed by atoms with E-state index in [1.165, 1.54) is 38.7 Å². The third kappa shape index (κ3) is 2.03. The summed E-state index contributed by atoms with van der Waals surface area (Å²) >= 11 is 0. The molecule has 0 amide bonds. The molecular formula is C19H21N. The van der Waals surface area contributed by atoms with Crippen LogP contribution < -0.4 is 10.7 Å². The Balaban J connectivity index is 2.17. The van der Waals surface area contributed by atoms with Gasteiger partial charge >= 0.3 is 0 Å².